The van der Waals surface area contributed by atoms with Crippen LogP contribution >= 0.6 is 0 Å². The van der Waals surface area contributed by atoms with Gasteiger partial charge in [0.15, 0.2) is 0 Å². The van der Waals surface area contributed by atoms with E-state index in [1.807, 2.05) is 11.9 Å². The zero-order chi connectivity index (χ0) is 22.9. The molecule has 0 radical (unpaired) electrons. The number of piperidine rings is 1. The van der Waals surface area contributed by atoms with Crippen LogP contribution < -0.4 is 10.1 Å². The third kappa shape index (κ3) is 6.85. The summed E-state index contributed by atoms with van der Waals surface area (Å²) in [6.45, 7) is 5.60. The number of urea groups is 1. The third-order valence-electron chi connectivity index (χ3n) is 6.79. The van der Waals surface area contributed by atoms with Crippen LogP contribution in [0.1, 0.15) is 51.0 Å². The lowest BCUT2D eigenvalue weighted by Gasteiger charge is -2.39. The predicted octanol–water partition coefficient (Wildman–Crippen LogP) is 3.23. The van der Waals surface area contributed by atoms with Crippen molar-refractivity contribution in [3.63, 3.8) is 0 Å². The molecule has 2 fully saturated rings. The second-order valence-corrected chi connectivity index (χ2v) is 9.37. The van der Waals surface area contributed by atoms with Crippen molar-refractivity contribution in [2.75, 3.05) is 39.8 Å². The van der Waals surface area contributed by atoms with E-state index in [1.165, 1.54) is 19.3 Å². The number of aliphatic hydroxyl groups excluding tert-OH is 1. The van der Waals surface area contributed by atoms with Gasteiger partial charge >= 0.3 is 6.03 Å². The highest BCUT2D eigenvalue weighted by Gasteiger charge is 2.43. The van der Waals surface area contributed by atoms with E-state index >= 15 is 0 Å². The number of hydrogen-bond acceptors (Lipinski definition) is 5. The molecule has 2 bridgehead atoms. The number of fused-ring (bicyclic) bond motifs is 2. The number of rotatable bonds is 11. The van der Waals surface area contributed by atoms with E-state index in [9.17, 15) is 9.90 Å². The maximum Gasteiger partial charge on any atom is 0.317 e. The van der Waals surface area contributed by atoms with Crippen LogP contribution in [0.5, 0.6) is 5.75 Å². The van der Waals surface area contributed by atoms with Crippen LogP contribution in [-0.4, -0.2) is 72.9 Å². The monoisotopic (exact) mass is 442 g/mol. The lowest BCUT2D eigenvalue weighted by molar-refractivity contribution is 0.0416. The van der Waals surface area contributed by atoms with Gasteiger partial charge in [0.25, 0.3) is 0 Å². The summed E-state index contributed by atoms with van der Waals surface area (Å²) < 4.78 is 5.68. The molecular formula is C25H38N4O3. The van der Waals surface area contributed by atoms with Crippen molar-refractivity contribution in [2.24, 2.45) is 11.8 Å². The lowest BCUT2D eigenvalue weighted by Crippen LogP contribution is -2.55. The Bertz CT molecular complexity index is 749. The SMILES string of the molecule is CCCCCCN(C)C(=O)NC1C2CCC1CN(CC(O)COc1ccc(C#N)cc1)C2. The zero-order valence-corrected chi connectivity index (χ0v) is 19.5. The van der Waals surface area contributed by atoms with Crippen LogP contribution in [0.2, 0.25) is 0 Å². The van der Waals surface area contributed by atoms with E-state index in [2.05, 4.69) is 23.2 Å². The molecule has 0 spiro atoms. The second-order valence-electron chi connectivity index (χ2n) is 9.37. The second kappa shape index (κ2) is 12.1. The average Bonchev–Trinajstić information content (AvgIpc) is 3.02. The van der Waals surface area contributed by atoms with Crippen LogP contribution in [0.25, 0.3) is 0 Å². The fraction of sp³-hybridized carbons (Fsp3) is 0.680. The number of nitrogens with zero attached hydrogens (tertiary/aromatic N) is 3. The van der Waals surface area contributed by atoms with E-state index in [1.54, 1.807) is 24.3 Å². The molecule has 7 heteroatoms. The molecule has 7 nitrogen and oxygen atoms in total. The predicted molar refractivity (Wildman–Crippen MR) is 124 cm³/mol. The Morgan fingerprint density at radius 1 is 1.25 bits per heavy atom. The van der Waals surface area contributed by atoms with Crippen LogP contribution in [0.3, 0.4) is 0 Å². The van der Waals surface area contributed by atoms with E-state index < -0.39 is 6.10 Å². The van der Waals surface area contributed by atoms with Crippen molar-refractivity contribution in [1.82, 2.24) is 15.1 Å². The maximum absolute atomic E-state index is 12.6. The molecule has 1 aliphatic heterocycles. The molecule has 1 aromatic carbocycles. The Balaban J connectivity index is 1.40. The standard InChI is InChI=1S/C25H38N4O3/c1-3-4-5-6-13-28(2)25(31)27-24-20-9-10-21(24)16-29(15-20)17-22(30)18-32-23-11-7-19(14-26)8-12-23/h7-8,11-12,20-22,24,30H,3-6,9-10,13,15-18H2,1-2H3,(H,27,31). The first-order chi connectivity index (χ1) is 15.5. The number of nitriles is 1. The third-order valence-corrected chi connectivity index (χ3v) is 6.79. The molecule has 3 atom stereocenters. The van der Waals surface area contributed by atoms with Crippen molar-refractivity contribution in [3.8, 4) is 11.8 Å². The van der Waals surface area contributed by atoms with Crippen molar-refractivity contribution in [3.05, 3.63) is 29.8 Å². The Labute approximate surface area is 192 Å². The quantitative estimate of drug-likeness (QED) is 0.514. The highest BCUT2D eigenvalue weighted by Crippen LogP contribution is 2.37. The summed E-state index contributed by atoms with van der Waals surface area (Å²) in [5, 5.41) is 22.6. The number of β-amino-alcohol motifs (C(OH)–C–C–N with tert-alkyl or cyclic N) is 1. The molecule has 0 aromatic heterocycles. The van der Waals surface area contributed by atoms with Gasteiger partial charge in [-0.3, -0.25) is 4.90 Å². The van der Waals surface area contributed by atoms with Crippen LogP contribution in [0, 0.1) is 23.2 Å². The number of amides is 2. The van der Waals surface area contributed by atoms with Crippen molar-refractivity contribution >= 4 is 6.03 Å². The molecule has 2 amide bonds. The number of carbonyl (C=O) groups excluding carboxylic acids is 1. The van der Waals surface area contributed by atoms with E-state index in [-0.39, 0.29) is 18.7 Å². The van der Waals surface area contributed by atoms with E-state index in [4.69, 9.17) is 10.00 Å². The molecule has 1 saturated heterocycles. The van der Waals surface area contributed by atoms with Gasteiger partial charge in [-0.25, -0.2) is 4.79 Å². The Kier molecular flexibility index (Phi) is 9.19. The van der Waals surface area contributed by atoms with Gasteiger partial charge in [0.05, 0.1) is 11.6 Å². The van der Waals surface area contributed by atoms with Crippen LogP contribution in [0.4, 0.5) is 4.79 Å². The number of ether oxygens (including phenoxy) is 1. The highest BCUT2D eigenvalue weighted by atomic mass is 16.5. The van der Waals surface area contributed by atoms with E-state index in [0.717, 1.165) is 38.9 Å². The normalized spacial score (nSPS) is 23.4. The topological polar surface area (TPSA) is 88.8 Å². The van der Waals surface area contributed by atoms with Crippen molar-refractivity contribution in [2.45, 2.75) is 57.6 Å². The van der Waals surface area contributed by atoms with Crippen LogP contribution in [0.15, 0.2) is 24.3 Å². The van der Waals surface area contributed by atoms with Gasteiger partial charge in [-0.2, -0.15) is 5.26 Å². The number of benzene rings is 1. The summed E-state index contributed by atoms with van der Waals surface area (Å²) >= 11 is 0. The first-order valence-electron chi connectivity index (χ1n) is 12.0. The molecule has 3 rings (SSSR count). The average molecular weight is 443 g/mol. The minimum atomic E-state index is -0.578. The summed E-state index contributed by atoms with van der Waals surface area (Å²) in [7, 11) is 1.89. The number of hydrogen-bond donors (Lipinski definition) is 2. The first kappa shape index (κ1) is 24.3. The summed E-state index contributed by atoms with van der Waals surface area (Å²) in [6.07, 6.45) is 6.34. The number of aliphatic hydroxyl groups is 1. The van der Waals surface area contributed by atoms with Crippen LogP contribution in [-0.2, 0) is 0 Å². The molecular weight excluding hydrogens is 404 g/mol. The van der Waals surface area contributed by atoms with Gasteiger partial charge in [0.2, 0.25) is 0 Å². The lowest BCUT2D eigenvalue weighted by atomic mass is 9.92. The fourth-order valence-electron chi connectivity index (χ4n) is 5.00. The Morgan fingerprint density at radius 2 is 1.94 bits per heavy atom. The number of likely N-dealkylation sites (tertiary alicyclic amines) is 1. The zero-order valence-electron chi connectivity index (χ0n) is 19.5. The smallest absolute Gasteiger partial charge is 0.317 e. The Hall–Kier alpha value is -2.30. The number of carbonyl (C=O) groups is 1. The molecule has 1 aromatic rings. The summed E-state index contributed by atoms with van der Waals surface area (Å²) in [5.41, 5.74) is 0.589. The molecule has 2 aliphatic rings. The first-order valence-corrected chi connectivity index (χ1v) is 12.0. The van der Waals surface area contributed by atoms with Crippen molar-refractivity contribution < 1.29 is 14.6 Å². The molecule has 1 aliphatic carbocycles. The molecule has 2 N–H and O–H groups in total. The maximum atomic E-state index is 12.6. The largest absolute Gasteiger partial charge is 0.491 e. The van der Waals surface area contributed by atoms with Gasteiger partial charge in [0, 0.05) is 39.3 Å². The molecule has 1 saturated carbocycles. The summed E-state index contributed by atoms with van der Waals surface area (Å²) in [4.78, 5) is 16.8. The summed E-state index contributed by atoms with van der Waals surface area (Å²) in [5.74, 6) is 1.54. The van der Waals surface area contributed by atoms with Crippen molar-refractivity contribution in [1.29, 1.82) is 5.26 Å². The minimum absolute atomic E-state index is 0.0488. The van der Waals surface area contributed by atoms with Gasteiger partial charge in [-0.05, 0) is 55.4 Å². The van der Waals surface area contributed by atoms with Gasteiger partial charge in [0.1, 0.15) is 18.5 Å². The van der Waals surface area contributed by atoms with Gasteiger partial charge < -0.3 is 20.1 Å². The highest BCUT2D eigenvalue weighted by molar-refractivity contribution is 5.74. The van der Waals surface area contributed by atoms with Gasteiger partial charge in [-0.1, -0.05) is 26.2 Å². The Morgan fingerprint density at radius 3 is 2.56 bits per heavy atom. The molecule has 1 heterocycles. The summed E-state index contributed by atoms with van der Waals surface area (Å²) in [6, 6.07) is 9.29. The number of unbranched alkanes of at least 4 members (excludes halogenated alkanes) is 3. The molecule has 176 valence electrons. The van der Waals surface area contributed by atoms with Gasteiger partial charge in [-0.15, -0.1) is 0 Å². The molecule has 32 heavy (non-hydrogen) atoms. The molecule has 3 unspecified atom stereocenters. The number of nitrogens with one attached hydrogen (secondary N) is 1. The fourth-order valence-corrected chi connectivity index (χ4v) is 5.00. The van der Waals surface area contributed by atoms with E-state index in [0.29, 0.717) is 29.7 Å². The minimum Gasteiger partial charge on any atom is -0.491 e.